The molecule has 82 valence electrons. The number of nitrogens with zero attached hydrogens (tertiary/aromatic N) is 2. The molecule has 0 aromatic carbocycles. The van der Waals surface area contributed by atoms with Crippen LogP contribution in [0.2, 0.25) is 0 Å². The van der Waals surface area contributed by atoms with Gasteiger partial charge in [-0.05, 0) is 6.42 Å². The van der Waals surface area contributed by atoms with E-state index in [0.29, 0.717) is 5.69 Å². The van der Waals surface area contributed by atoms with E-state index >= 15 is 0 Å². The maximum Gasteiger partial charge on any atom is 0.308 e. The van der Waals surface area contributed by atoms with Crippen molar-refractivity contribution in [2.24, 2.45) is 5.41 Å². The molecule has 0 atom stereocenters. The number of hydrogen-bond donors (Lipinski definition) is 1. The number of hydrogen-bond acceptors (Lipinski definition) is 3. The first kappa shape index (κ1) is 11.6. The van der Waals surface area contributed by atoms with E-state index in [1.54, 1.807) is 0 Å². The number of carbonyl (C=O) groups is 1. The van der Waals surface area contributed by atoms with Gasteiger partial charge in [0.25, 0.3) is 0 Å². The van der Waals surface area contributed by atoms with Gasteiger partial charge < -0.3 is 5.32 Å². The second-order valence-corrected chi connectivity index (χ2v) is 3.93. The van der Waals surface area contributed by atoms with Crippen molar-refractivity contribution in [3.8, 4) is 0 Å². The SMILES string of the molecule is CCC(C)(C)C(=O)Nc1cnc(F)nc1. The lowest BCUT2D eigenvalue weighted by Crippen LogP contribution is -2.30. The molecule has 15 heavy (non-hydrogen) atoms. The van der Waals surface area contributed by atoms with Gasteiger partial charge in [0.05, 0.1) is 18.1 Å². The first-order chi connectivity index (χ1) is 6.95. The molecular formula is C10H14FN3O. The van der Waals surface area contributed by atoms with Crippen molar-refractivity contribution in [3.05, 3.63) is 18.5 Å². The largest absolute Gasteiger partial charge is 0.323 e. The molecule has 0 aliphatic rings. The molecule has 0 aliphatic heterocycles. The molecule has 0 radical (unpaired) electrons. The molecule has 0 fully saturated rings. The van der Waals surface area contributed by atoms with Gasteiger partial charge in [0.15, 0.2) is 0 Å². The van der Waals surface area contributed by atoms with Crippen molar-refractivity contribution in [1.82, 2.24) is 9.97 Å². The van der Waals surface area contributed by atoms with Crippen molar-refractivity contribution in [3.63, 3.8) is 0 Å². The minimum absolute atomic E-state index is 0.125. The van der Waals surface area contributed by atoms with Gasteiger partial charge in [0.2, 0.25) is 5.91 Å². The first-order valence-corrected chi connectivity index (χ1v) is 4.74. The van der Waals surface area contributed by atoms with Crippen LogP contribution < -0.4 is 5.32 Å². The quantitative estimate of drug-likeness (QED) is 0.778. The fraction of sp³-hybridized carbons (Fsp3) is 0.500. The summed E-state index contributed by atoms with van der Waals surface area (Å²) in [6.07, 6.45) is 2.40. The summed E-state index contributed by atoms with van der Waals surface area (Å²) >= 11 is 0. The van der Waals surface area contributed by atoms with Crippen LogP contribution in [0.5, 0.6) is 0 Å². The van der Waals surface area contributed by atoms with Gasteiger partial charge in [0, 0.05) is 5.41 Å². The number of halogens is 1. The summed E-state index contributed by atoms with van der Waals surface area (Å²) in [7, 11) is 0. The van der Waals surface area contributed by atoms with Gasteiger partial charge >= 0.3 is 6.08 Å². The molecule has 1 aromatic rings. The van der Waals surface area contributed by atoms with Crippen LogP contribution in [0.3, 0.4) is 0 Å². The Morgan fingerprint density at radius 3 is 2.47 bits per heavy atom. The van der Waals surface area contributed by atoms with Crippen LogP contribution in [-0.2, 0) is 4.79 Å². The van der Waals surface area contributed by atoms with Crippen molar-refractivity contribution in [2.45, 2.75) is 27.2 Å². The number of aromatic nitrogens is 2. The second kappa shape index (κ2) is 4.33. The Balaban J connectivity index is 2.71. The maximum atomic E-state index is 12.4. The molecule has 1 aromatic heterocycles. The minimum Gasteiger partial charge on any atom is -0.323 e. The Labute approximate surface area is 87.9 Å². The van der Waals surface area contributed by atoms with Crippen molar-refractivity contribution >= 4 is 11.6 Å². The smallest absolute Gasteiger partial charge is 0.308 e. The van der Waals surface area contributed by atoms with Gasteiger partial charge in [-0.25, -0.2) is 9.97 Å². The highest BCUT2D eigenvalue weighted by atomic mass is 19.1. The Bertz CT molecular complexity index is 348. The zero-order valence-corrected chi connectivity index (χ0v) is 9.04. The summed E-state index contributed by atoms with van der Waals surface area (Å²) in [5, 5.41) is 2.63. The third kappa shape index (κ3) is 2.97. The van der Waals surface area contributed by atoms with E-state index in [4.69, 9.17) is 0 Å². The summed E-state index contributed by atoms with van der Waals surface area (Å²) in [5.41, 5.74) is -0.0445. The fourth-order valence-electron chi connectivity index (χ4n) is 0.838. The molecule has 0 aliphatic carbocycles. The highest BCUT2D eigenvalue weighted by Crippen LogP contribution is 2.21. The molecule has 0 unspecified atom stereocenters. The molecule has 1 amide bonds. The van der Waals surface area contributed by atoms with Crippen LogP contribution in [-0.4, -0.2) is 15.9 Å². The highest BCUT2D eigenvalue weighted by molar-refractivity contribution is 5.94. The van der Waals surface area contributed by atoms with Crippen LogP contribution in [0, 0.1) is 11.5 Å². The normalized spacial score (nSPS) is 11.2. The third-order valence-corrected chi connectivity index (χ3v) is 2.38. The second-order valence-electron chi connectivity index (χ2n) is 3.93. The summed E-state index contributed by atoms with van der Waals surface area (Å²) in [5.74, 6) is -0.125. The molecule has 1 rings (SSSR count). The number of rotatable bonds is 3. The predicted octanol–water partition coefficient (Wildman–Crippen LogP) is 1.99. The zero-order valence-electron chi connectivity index (χ0n) is 9.04. The highest BCUT2D eigenvalue weighted by Gasteiger charge is 2.25. The van der Waals surface area contributed by atoms with E-state index in [1.165, 1.54) is 12.4 Å². The number of carbonyl (C=O) groups excluding carboxylic acids is 1. The topological polar surface area (TPSA) is 54.9 Å². The van der Waals surface area contributed by atoms with E-state index < -0.39 is 11.5 Å². The molecule has 0 saturated heterocycles. The van der Waals surface area contributed by atoms with E-state index in [9.17, 15) is 9.18 Å². The van der Waals surface area contributed by atoms with Crippen molar-refractivity contribution < 1.29 is 9.18 Å². The van der Waals surface area contributed by atoms with Crippen molar-refractivity contribution in [1.29, 1.82) is 0 Å². The number of amides is 1. The molecule has 1 heterocycles. The Kier molecular flexibility index (Phi) is 3.34. The lowest BCUT2D eigenvalue weighted by atomic mass is 9.89. The first-order valence-electron chi connectivity index (χ1n) is 4.74. The standard InChI is InChI=1S/C10H14FN3O/c1-4-10(2,3)8(15)14-7-5-12-9(11)13-6-7/h5-6H,4H2,1-3H3,(H,14,15). The molecule has 0 saturated carbocycles. The number of nitrogens with one attached hydrogen (secondary N) is 1. The van der Waals surface area contributed by atoms with Gasteiger partial charge in [-0.2, -0.15) is 4.39 Å². The molecular weight excluding hydrogens is 197 g/mol. The molecule has 5 heteroatoms. The Morgan fingerprint density at radius 1 is 1.47 bits per heavy atom. The minimum atomic E-state index is -0.803. The molecule has 4 nitrogen and oxygen atoms in total. The Hall–Kier alpha value is -1.52. The summed E-state index contributed by atoms with van der Waals surface area (Å²) in [6.45, 7) is 5.61. The van der Waals surface area contributed by atoms with Crippen molar-refractivity contribution in [2.75, 3.05) is 5.32 Å². The van der Waals surface area contributed by atoms with Gasteiger partial charge in [-0.1, -0.05) is 20.8 Å². The monoisotopic (exact) mass is 211 g/mol. The van der Waals surface area contributed by atoms with Crippen LogP contribution in [0.15, 0.2) is 12.4 Å². The van der Waals surface area contributed by atoms with E-state index in [0.717, 1.165) is 6.42 Å². The predicted molar refractivity (Wildman–Crippen MR) is 54.7 cm³/mol. The van der Waals surface area contributed by atoms with Crippen LogP contribution in [0.25, 0.3) is 0 Å². The summed E-state index contributed by atoms with van der Waals surface area (Å²) < 4.78 is 12.4. The summed E-state index contributed by atoms with van der Waals surface area (Å²) in [6, 6.07) is 0. The van der Waals surface area contributed by atoms with Gasteiger partial charge in [-0.3, -0.25) is 4.79 Å². The lowest BCUT2D eigenvalue weighted by molar-refractivity contribution is -0.124. The summed E-state index contributed by atoms with van der Waals surface area (Å²) in [4.78, 5) is 18.4. The van der Waals surface area contributed by atoms with E-state index in [1.807, 2.05) is 20.8 Å². The Morgan fingerprint density at radius 2 is 2.00 bits per heavy atom. The molecule has 1 N–H and O–H groups in total. The zero-order chi connectivity index (χ0) is 11.5. The van der Waals surface area contributed by atoms with Gasteiger partial charge in [-0.15, -0.1) is 0 Å². The van der Waals surface area contributed by atoms with Gasteiger partial charge in [0.1, 0.15) is 0 Å². The van der Waals surface area contributed by atoms with E-state index in [2.05, 4.69) is 15.3 Å². The fourth-order valence-corrected chi connectivity index (χ4v) is 0.838. The third-order valence-electron chi connectivity index (χ3n) is 2.38. The average Bonchev–Trinajstić information content (AvgIpc) is 2.21. The molecule has 0 spiro atoms. The van der Waals surface area contributed by atoms with Crippen LogP contribution >= 0.6 is 0 Å². The average molecular weight is 211 g/mol. The molecule has 0 bridgehead atoms. The maximum absolute atomic E-state index is 12.4. The van der Waals surface area contributed by atoms with Crippen LogP contribution in [0.1, 0.15) is 27.2 Å². The number of anilines is 1. The lowest BCUT2D eigenvalue weighted by Gasteiger charge is -2.21. The van der Waals surface area contributed by atoms with E-state index in [-0.39, 0.29) is 5.91 Å². The van der Waals surface area contributed by atoms with Crippen LogP contribution in [0.4, 0.5) is 10.1 Å².